The topological polar surface area (TPSA) is 74.6 Å². The summed E-state index contributed by atoms with van der Waals surface area (Å²) in [5.74, 6) is -0.247. The van der Waals surface area contributed by atoms with Crippen molar-refractivity contribution in [3.05, 3.63) is 56.7 Å². The van der Waals surface area contributed by atoms with E-state index in [0.29, 0.717) is 15.6 Å². The van der Waals surface area contributed by atoms with Crippen molar-refractivity contribution in [3.63, 3.8) is 0 Å². The maximum absolute atomic E-state index is 11.8. The number of halogens is 2. The monoisotopic (exact) mass is 397 g/mol. The number of phenols is 1. The number of hydrazone groups is 1. The summed E-state index contributed by atoms with van der Waals surface area (Å²) in [4.78, 5) is 15.7. The van der Waals surface area contributed by atoms with Crippen LogP contribution in [0.3, 0.4) is 0 Å². The van der Waals surface area contributed by atoms with Crippen LogP contribution in [0.25, 0.3) is 0 Å². The normalized spacial score (nSPS) is 10.7. The molecule has 2 rings (SSSR count). The zero-order chi connectivity index (χ0) is 14.5. The van der Waals surface area contributed by atoms with E-state index in [9.17, 15) is 9.90 Å². The van der Waals surface area contributed by atoms with Gasteiger partial charge in [-0.25, -0.2) is 5.43 Å². The molecule has 5 nitrogen and oxygen atoms in total. The van der Waals surface area contributed by atoms with Crippen molar-refractivity contribution in [2.75, 3.05) is 0 Å². The highest BCUT2D eigenvalue weighted by molar-refractivity contribution is 9.10. The molecule has 0 unspecified atom stereocenters. The Hall–Kier alpha value is -1.73. The van der Waals surface area contributed by atoms with Crippen molar-refractivity contribution >= 4 is 44.0 Å². The number of amides is 1. The average Bonchev–Trinajstić information content (AvgIpc) is 2.42. The molecule has 0 saturated carbocycles. The Morgan fingerprint density at radius 3 is 2.85 bits per heavy atom. The first kappa shape index (κ1) is 14.7. The van der Waals surface area contributed by atoms with Gasteiger partial charge in [0.05, 0.1) is 11.8 Å². The Bertz CT molecular complexity index is 674. The molecule has 0 aliphatic heterocycles. The van der Waals surface area contributed by atoms with Gasteiger partial charge in [0.15, 0.2) is 0 Å². The van der Waals surface area contributed by atoms with Gasteiger partial charge in [0.1, 0.15) is 5.75 Å². The molecule has 0 saturated heterocycles. The maximum atomic E-state index is 11.8. The predicted molar refractivity (Wildman–Crippen MR) is 82.8 cm³/mol. The summed E-state index contributed by atoms with van der Waals surface area (Å²) in [7, 11) is 0. The van der Waals surface area contributed by atoms with Crippen molar-refractivity contribution in [1.82, 2.24) is 10.4 Å². The van der Waals surface area contributed by atoms with Crippen LogP contribution < -0.4 is 5.43 Å². The van der Waals surface area contributed by atoms with Gasteiger partial charge in [-0.05, 0) is 40.2 Å². The van der Waals surface area contributed by atoms with Gasteiger partial charge in [-0.15, -0.1) is 0 Å². The van der Waals surface area contributed by atoms with Crippen LogP contribution in [0.5, 0.6) is 5.75 Å². The number of carbonyl (C=O) groups is 1. The van der Waals surface area contributed by atoms with Crippen LogP contribution in [0.1, 0.15) is 15.9 Å². The molecule has 0 radical (unpaired) electrons. The molecule has 0 spiro atoms. The summed E-state index contributed by atoms with van der Waals surface area (Å²) in [6, 6.07) is 6.41. The van der Waals surface area contributed by atoms with Gasteiger partial charge in [0.25, 0.3) is 5.91 Å². The second-order valence-corrected chi connectivity index (χ2v) is 5.57. The van der Waals surface area contributed by atoms with E-state index in [1.165, 1.54) is 18.5 Å². The number of nitrogens with one attached hydrogen (secondary N) is 1. The van der Waals surface area contributed by atoms with E-state index in [0.717, 1.165) is 4.47 Å². The quantitative estimate of drug-likeness (QED) is 0.616. The fourth-order valence-electron chi connectivity index (χ4n) is 1.39. The first-order valence-corrected chi connectivity index (χ1v) is 7.07. The van der Waals surface area contributed by atoms with Crippen LogP contribution in [0, 0.1) is 0 Å². The fourth-order valence-corrected chi connectivity index (χ4v) is 2.10. The molecule has 1 amide bonds. The van der Waals surface area contributed by atoms with Gasteiger partial charge in [-0.3, -0.25) is 9.78 Å². The lowest BCUT2D eigenvalue weighted by Gasteiger charge is -2.01. The molecule has 0 bridgehead atoms. The molecule has 1 heterocycles. The Kier molecular flexibility index (Phi) is 4.86. The van der Waals surface area contributed by atoms with Crippen LogP contribution >= 0.6 is 31.9 Å². The molecular weight excluding hydrogens is 390 g/mol. The van der Waals surface area contributed by atoms with E-state index in [1.807, 2.05) is 0 Å². The largest absolute Gasteiger partial charge is 0.508 e. The molecule has 1 aromatic heterocycles. The first-order chi connectivity index (χ1) is 9.56. The van der Waals surface area contributed by atoms with Gasteiger partial charge in [-0.1, -0.05) is 15.9 Å². The minimum absolute atomic E-state index is 0.122. The summed E-state index contributed by atoms with van der Waals surface area (Å²) >= 11 is 6.56. The molecule has 20 heavy (non-hydrogen) atoms. The maximum Gasteiger partial charge on any atom is 0.272 e. The predicted octanol–water partition coefficient (Wildman–Crippen LogP) is 3.08. The molecule has 2 aromatic rings. The highest BCUT2D eigenvalue weighted by Crippen LogP contribution is 2.19. The Morgan fingerprint density at radius 2 is 2.10 bits per heavy atom. The summed E-state index contributed by atoms with van der Waals surface area (Å²) in [5, 5.41) is 13.2. The Morgan fingerprint density at radius 1 is 1.30 bits per heavy atom. The van der Waals surface area contributed by atoms with E-state index in [-0.39, 0.29) is 11.7 Å². The zero-order valence-corrected chi connectivity index (χ0v) is 13.2. The molecule has 7 heteroatoms. The number of hydrogen-bond acceptors (Lipinski definition) is 4. The van der Waals surface area contributed by atoms with Crippen molar-refractivity contribution in [3.8, 4) is 5.75 Å². The highest BCUT2D eigenvalue weighted by atomic mass is 79.9. The second kappa shape index (κ2) is 6.62. The van der Waals surface area contributed by atoms with Gasteiger partial charge < -0.3 is 5.11 Å². The molecule has 1 aromatic carbocycles. The molecule has 0 aliphatic carbocycles. The van der Waals surface area contributed by atoms with Gasteiger partial charge in [-0.2, -0.15) is 5.10 Å². The van der Waals surface area contributed by atoms with Gasteiger partial charge >= 0.3 is 0 Å². The lowest BCUT2D eigenvalue weighted by Crippen LogP contribution is -2.17. The van der Waals surface area contributed by atoms with Crippen molar-refractivity contribution < 1.29 is 9.90 Å². The van der Waals surface area contributed by atoms with Crippen LogP contribution in [-0.4, -0.2) is 22.2 Å². The molecule has 2 N–H and O–H groups in total. The Balaban J connectivity index is 2.06. The lowest BCUT2D eigenvalue weighted by atomic mass is 10.2. The fraction of sp³-hybridized carbons (Fsp3) is 0. The van der Waals surface area contributed by atoms with E-state index >= 15 is 0 Å². The van der Waals surface area contributed by atoms with E-state index in [1.54, 1.807) is 24.4 Å². The number of aromatic hydroxyl groups is 1. The molecular formula is C13H9Br2N3O2. The number of carbonyl (C=O) groups excluding carboxylic acids is 1. The Labute approximate surface area is 132 Å². The molecule has 0 fully saturated rings. The van der Waals surface area contributed by atoms with Crippen LogP contribution in [0.2, 0.25) is 0 Å². The molecule has 102 valence electrons. The summed E-state index contributed by atoms with van der Waals surface area (Å²) in [6.45, 7) is 0. The SMILES string of the molecule is O=C(N/N=C/c1cc(O)ccc1Br)c1cncc(Br)c1. The minimum atomic E-state index is -0.369. The number of phenolic OH excluding ortho intramolecular Hbond substituents is 1. The van der Waals surface area contributed by atoms with E-state index < -0.39 is 0 Å². The van der Waals surface area contributed by atoms with E-state index in [4.69, 9.17) is 0 Å². The average molecular weight is 399 g/mol. The third-order valence-electron chi connectivity index (χ3n) is 2.32. The van der Waals surface area contributed by atoms with Crippen molar-refractivity contribution in [2.45, 2.75) is 0 Å². The van der Waals surface area contributed by atoms with Gasteiger partial charge in [0.2, 0.25) is 0 Å². The third-order valence-corrected chi connectivity index (χ3v) is 3.47. The third kappa shape index (κ3) is 3.88. The first-order valence-electron chi connectivity index (χ1n) is 5.49. The number of nitrogens with zero attached hydrogens (tertiary/aromatic N) is 2. The van der Waals surface area contributed by atoms with E-state index in [2.05, 4.69) is 47.4 Å². The number of hydrogen-bond donors (Lipinski definition) is 2. The zero-order valence-electron chi connectivity index (χ0n) is 10.0. The van der Waals surface area contributed by atoms with Gasteiger partial charge in [0, 0.05) is 26.9 Å². The lowest BCUT2D eigenvalue weighted by molar-refractivity contribution is 0.0954. The number of benzene rings is 1. The van der Waals surface area contributed by atoms with Crippen LogP contribution in [0.4, 0.5) is 0 Å². The second-order valence-electron chi connectivity index (χ2n) is 3.80. The summed E-state index contributed by atoms with van der Waals surface area (Å²) < 4.78 is 1.47. The van der Waals surface area contributed by atoms with Crippen molar-refractivity contribution in [1.29, 1.82) is 0 Å². The van der Waals surface area contributed by atoms with Crippen LogP contribution in [0.15, 0.2) is 50.7 Å². The van der Waals surface area contributed by atoms with Crippen molar-refractivity contribution in [2.24, 2.45) is 5.10 Å². The number of pyridine rings is 1. The molecule has 0 aliphatic rings. The van der Waals surface area contributed by atoms with Crippen LogP contribution in [-0.2, 0) is 0 Å². The minimum Gasteiger partial charge on any atom is -0.508 e. The molecule has 0 atom stereocenters. The number of aromatic nitrogens is 1. The standard InChI is InChI=1S/C13H9Br2N3O2/c14-10-3-9(5-16-7-10)13(20)18-17-6-8-4-11(19)1-2-12(8)15/h1-7,19H,(H,18,20)/b17-6+. The summed E-state index contributed by atoms with van der Waals surface area (Å²) in [6.07, 6.45) is 4.47. The number of rotatable bonds is 3. The summed E-state index contributed by atoms with van der Waals surface area (Å²) in [5.41, 5.74) is 3.43. The highest BCUT2D eigenvalue weighted by Gasteiger charge is 2.05. The smallest absolute Gasteiger partial charge is 0.272 e.